The molecule has 3 rings (SSSR count). The van der Waals surface area contributed by atoms with Crippen molar-refractivity contribution in [3.8, 4) is 5.75 Å². The van der Waals surface area contributed by atoms with Crippen molar-refractivity contribution in [1.82, 2.24) is 4.98 Å². The molecule has 1 N–H and O–H groups in total. The third-order valence-corrected chi connectivity index (χ3v) is 4.05. The lowest BCUT2D eigenvalue weighted by molar-refractivity contribution is 0.301. The molecule has 0 aliphatic heterocycles. The summed E-state index contributed by atoms with van der Waals surface area (Å²) in [4.78, 5) is 6.82. The van der Waals surface area contributed by atoms with Gasteiger partial charge in [0, 0.05) is 35.9 Å². The molecule has 0 aliphatic rings. The van der Waals surface area contributed by atoms with Crippen molar-refractivity contribution in [3.63, 3.8) is 0 Å². The van der Waals surface area contributed by atoms with Gasteiger partial charge in [0.15, 0.2) is 0 Å². The van der Waals surface area contributed by atoms with E-state index in [4.69, 9.17) is 4.74 Å². The molecule has 4 heteroatoms. The highest BCUT2D eigenvalue weighted by Gasteiger charge is 2.13. The van der Waals surface area contributed by atoms with Crippen molar-refractivity contribution in [2.45, 2.75) is 13.5 Å². The topological polar surface area (TPSA) is 45.6 Å². The van der Waals surface area contributed by atoms with Crippen LogP contribution in [0.1, 0.15) is 11.3 Å². The van der Waals surface area contributed by atoms with Gasteiger partial charge in [0.2, 0.25) is 0 Å². The summed E-state index contributed by atoms with van der Waals surface area (Å²) in [6.45, 7) is 3.40. The maximum Gasteiger partial charge on any atom is 0.121 e. The number of fused-ring (bicyclic) bond motifs is 1. The van der Waals surface area contributed by atoms with Gasteiger partial charge in [-0.3, -0.25) is 4.98 Å². The lowest BCUT2D eigenvalue weighted by atomic mass is 10.1. The quantitative estimate of drug-likeness (QED) is 0.754. The lowest BCUT2D eigenvalue weighted by Crippen LogP contribution is -2.26. The summed E-state index contributed by atoms with van der Waals surface area (Å²) in [6, 6.07) is 18.3. The van der Waals surface area contributed by atoms with Gasteiger partial charge in [0.25, 0.3) is 0 Å². The third kappa shape index (κ3) is 3.49. The Morgan fingerprint density at radius 2 is 1.88 bits per heavy atom. The molecule has 124 valence electrons. The fraction of sp³-hybridized carbons (Fsp3) is 0.250. The van der Waals surface area contributed by atoms with E-state index in [1.807, 2.05) is 43.3 Å². The maximum atomic E-state index is 9.52. The molecule has 3 aromatic rings. The van der Waals surface area contributed by atoms with Gasteiger partial charge >= 0.3 is 0 Å². The van der Waals surface area contributed by atoms with Crippen LogP contribution >= 0.6 is 0 Å². The predicted molar refractivity (Wildman–Crippen MR) is 97.6 cm³/mol. The Hall–Kier alpha value is -2.59. The van der Waals surface area contributed by atoms with Crippen molar-refractivity contribution in [2.75, 3.05) is 25.2 Å². The molecule has 0 fully saturated rings. The fourth-order valence-electron chi connectivity index (χ4n) is 2.92. The van der Waals surface area contributed by atoms with E-state index in [0.717, 1.165) is 34.6 Å². The Kier molecular flexibility index (Phi) is 4.96. The first-order valence-corrected chi connectivity index (χ1v) is 8.06. The minimum Gasteiger partial charge on any atom is -0.497 e. The van der Waals surface area contributed by atoms with Crippen LogP contribution in [0.4, 0.5) is 5.69 Å². The molecule has 0 bridgehead atoms. The molecule has 4 nitrogen and oxygen atoms in total. The van der Waals surface area contributed by atoms with Crippen LogP contribution in [-0.2, 0) is 6.54 Å². The van der Waals surface area contributed by atoms with Crippen LogP contribution in [0.3, 0.4) is 0 Å². The zero-order chi connectivity index (χ0) is 16.9. The van der Waals surface area contributed by atoms with E-state index in [0.29, 0.717) is 6.54 Å². The minimum absolute atomic E-state index is 0.103. The molecule has 2 aromatic carbocycles. The summed E-state index contributed by atoms with van der Waals surface area (Å²) in [5.41, 5.74) is 4.14. The number of hydrogen-bond donors (Lipinski definition) is 1. The molecule has 0 radical (unpaired) electrons. The number of aromatic nitrogens is 1. The first-order chi connectivity index (χ1) is 11.7. The predicted octanol–water partition coefficient (Wildman–Crippen LogP) is 3.55. The second kappa shape index (κ2) is 7.32. The zero-order valence-electron chi connectivity index (χ0n) is 14.1. The molecule has 0 atom stereocenters. The summed E-state index contributed by atoms with van der Waals surface area (Å²) < 4.78 is 5.31. The number of aryl methyl sites for hydroxylation is 1. The van der Waals surface area contributed by atoms with Crippen molar-refractivity contribution in [2.24, 2.45) is 0 Å². The average molecular weight is 322 g/mol. The number of benzene rings is 2. The van der Waals surface area contributed by atoms with Crippen LogP contribution in [0, 0.1) is 6.92 Å². The van der Waals surface area contributed by atoms with Gasteiger partial charge in [-0.1, -0.05) is 30.3 Å². The molecule has 24 heavy (non-hydrogen) atoms. The summed E-state index contributed by atoms with van der Waals surface area (Å²) >= 11 is 0. The van der Waals surface area contributed by atoms with Gasteiger partial charge in [-0.25, -0.2) is 0 Å². The Labute approximate surface area is 142 Å². The molecule has 1 heterocycles. The summed E-state index contributed by atoms with van der Waals surface area (Å²) in [6.07, 6.45) is 0. The number of nitrogens with zero attached hydrogens (tertiary/aromatic N) is 2. The van der Waals surface area contributed by atoms with Crippen molar-refractivity contribution in [1.29, 1.82) is 0 Å². The smallest absolute Gasteiger partial charge is 0.121 e. The van der Waals surface area contributed by atoms with E-state index < -0.39 is 0 Å². The van der Waals surface area contributed by atoms with Gasteiger partial charge in [0.1, 0.15) is 5.75 Å². The molecule has 1 aromatic heterocycles. The van der Waals surface area contributed by atoms with Gasteiger partial charge in [0.05, 0.1) is 19.2 Å². The van der Waals surface area contributed by atoms with Gasteiger partial charge in [-0.2, -0.15) is 0 Å². The number of hydrogen-bond acceptors (Lipinski definition) is 4. The number of aliphatic hydroxyl groups is 1. The summed E-state index contributed by atoms with van der Waals surface area (Å²) in [5.74, 6) is 0.795. The number of methoxy groups -OCH3 is 1. The van der Waals surface area contributed by atoms with E-state index in [9.17, 15) is 5.11 Å². The monoisotopic (exact) mass is 322 g/mol. The summed E-state index contributed by atoms with van der Waals surface area (Å²) in [7, 11) is 1.66. The molecule has 0 amide bonds. The molecule has 0 saturated carbocycles. The summed E-state index contributed by atoms with van der Waals surface area (Å²) in [5, 5.41) is 10.6. The molecular weight excluding hydrogens is 300 g/mol. The number of ether oxygens (including phenoxy) is 1. The number of aliphatic hydroxyl groups excluding tert-OH is 1. The Morgan fingerprint density at radius 3 is 2.58 bits per heavy atom. The number of pyridine rings is 1. The number of rotatable bonds is 6. The molecule has 0 unspecified atom stereocenters. The minimum atomic E-state index is 0.103. The average Bonchev–Trinajstić information content (AvgIpc) is 2.61. The third-order valence-electron chi connectivity index (χ3n) is 4.05. The van der Waals surface area contributed by atoms with Gasteiger partial charge in [-0.15, -0.1) is 0 Å². The van der Waals surface area contributed by atoms with Crippen LogP contribution < -0.4 is 9.64 Å². The maximum absolute atomic E-state index is 9.52. The molecular formula is C20H22N2O2. The van der Waals surface area contributed by atoms with Crippen LogP contribution in [0.2, 0.25) is 0 Å². The highest BCUT2D eigenvalue weighted by molar-refractivity contribution is 5.92. The Bertz CT molecular complexity index is 818. The molecule has 0 spiro atoms. The van der Waals surface area contributed by atoms with Crippen LogP contribution in [0.15, 0.2) is 54.6 Å². The lowest BCUT2D eigenvalue weighted by Gasteiger charge is -2.26. The largest absolute Gasteiger partial charge is 0.497 e. The second-order valence-electron chi connectivity index (χ2n) is 5.80. The van der Waals surface area contributed by atoms with Crippen molar-refractivity contribution in [3.05, 3.63) is 65.9 Å². The van der Waals surface area contributed by atoms with Crippen molar-refractivity contribution < 1.29 is 9.84 Å². The highest BCUT2D eigenvalue weighted by Crippen LogP contribution is 2.30. The number of anilines is 1. The van der Waals surface area contributed by atoms with Crippen LogP contribution in [-0.4, -0.2) is 30.4 Å². The van der Waals surface area contributed by atoms with Crippen LogP contribution in [0.5, 0.6) is 5.75 Å². The van der Waals surface area contributed by atoms with Crippen molar-refractivity contribution >= 4 is 16.6 Å². The highest BCUT2D eigenvalue weighted by atomic mass is 16.5. The first-order valence-electron chi connectivity index (χ1n) is 8.06. The Balaban J connectivity index is 2.06. The Morgan fingerprint density at radius 1 is 1.08 bits per heavy atom. The normalized spacial score (nSPS) is 10.8. The molecule has 0 saturated heterocycles. The zero-order valence-corrected chi connectivity index (χ0v) is 14.1. The first kappa shape index (κ1) is 16.3. The second-order valence-corrected chi connectivity index (χ2v) is 5.80. The van der Waals surface area contributed by atoms with E-state index in [1.165, 1.54) is 5.56 Å². The van der Waals surface area contributed by atoms with Crippen LogP contribution in [0.25, 0.3) is 10.9 Å². The standard InChI is InChI=1S/C20H22N2O2/c1-15-12-20(18-9-8-17(24-2)13-19(18)21-15)22(10-11-23)14-16-6-4-3-5-7-16/h3-9,12-13,23H,10-11,14H2,1-2H3. The molecule has 0 aliphatic carbocycles. The van der Waals surface area contributed by atoms with E-state index in [1.54, 1.807) is 7.11 Å². The van der Waals surface area contributed by atoms with E-state index >= 15 is 0 Å². The SMILES string of the molecule is COc1ccc2c(N(CCO)Cc3ccccc3)cc(C)nc2c1. The van der Waals surface area contributed by atoms with E-state index in [2.05, 4.69) is 28.1 Å². The van der Waals surface area contributed by atoms with E-state index in [-0.39, 0.29) is 6.61 Å². The fourth-order valence-corrected chi connectivity index (χ4v) is 2.92. The van der Waals surface area contributed by atoms with Gasteiger partial charge in [-0.05, 0) is 30.7 Å². The van der Waals surface area contributed by atoms with Gasteiger partial charge < -0.3 is 14.7 Å².